The van der Waals surface area contributed by atoms with Crippen LogP contribution in [0.15, 0.2) is 24.3 Å². The van der Waals surface area contributed by atoms with E-state index >= 15 is 0 Å². The van der Waals surface area contributed by atoms with Crippen molar-refractivity contribution in [1.82, 2.24) is 10.2 Å². The third-order valence-corrected chi connectivity index (χ3v) is 5.49. The minimum absolute atomic E-state index is 0.458. The van der Waals surface area contributed by atoms with Crippen LogP contribution in [0.1, 0.15) is 63.4 Å². The third-order valence-electron chi connectivity index (χ3n) is 5.49. The molecule has 0 radical (unpaired) electrons. The van der Waals surface area contributed by atoms with E-state index in [1.54, 1.807) is 7.05 Å². The zero-order valence-electron chi connectivity index (χ0n) is 20.6. The van der Waals surface area contributed by atoms with Crippen molar-refractivity contribution < 1.29 is 19.1 Å². The standard InChI is InChI=1S/C15H22O2.C6H11NO.C3H7NO.CH5N/c1-3-17-15-7-5-4-6-14(15)12-8-10-13(16-2)11-9-12;8-6-7-4-2-1-3-5-7;1-4-2-3-5;1-2/h4-7,12-13H,3,8-11H2,1-2H3;6H,1-5H2;3-4H,2H2,1H3;2H2,1H3. The van der Waals surface area contributed by atoms with Crippen LogP contribution in [0.3, 0.4) is 0 Å². The average Bonchev–Trinajstić information content (AvgIpc) is 2.88. The summed E-state index contributed by atoms with van der Waals surface area (Å²) in [5, 5.41) is 2.65. The molecule has 0 aromatic heterocycles. The molecule has 1 aromatic carbocycles. The second kappa shape index (κ2) is 20.9. The molecule has 184 valence electrons. The molecule has 0 bridgehead atoms. The molecule has 1 saturated heterocycles. The van der Waals surface area contributed by atoms with Gasteiger partial charge in [0.25, 0.3) is 0 Å². The molecule has 0 unspecified atom stereocenters. The number of nitrogens with one attached hydrogen (secondary N) is 1. The van der Waals surface area contributed by atoms with Gasteiger partial charge >= 0.3 is 0 Å². The lowest BCUT2D eigenvalue weighted by molar-refractivity contribution is -0.118. The van der Waals surface area contributed by atoms with E-state index in [2.05, 4.69) is 35.3 Å². The molecule has 1 saturated carbocycles. The summed E-state index contributed by atoms with van der Waals surface area (Å²) in [5.74, 6) is 1.71. The van der Waals surface area contributed by atoms with E-state index in [0.717, 1.165) is 38.1 Å². The Morgan fingerprint density at radius 1 is 1.06 bits per heavy atom. The predicted molar refractivity (Wildman–Crippen MR) is 131 cm³/mol. The quantitative estimate of drug-likeness (QED) is 0.618. The normalized spacial score (nSPS) is 19.6. The smallest absolute Gasteiger partial charge is 0.209 e. The number of rotatable bonds is 7. The largest absolute Gasteiger partial charge is 0.494 e. The van der Waals surface area contributed by atoms with Crippen molar-refractivity contribution in [2.75, 3.05) is 47.4 Å². The number of hydrogen-bond donors (Lipinski definition) is 2. The molecule has 1 aliphatic carbocycles. The molecule has 0 atom stereocenters. The number of amides is 1. The van der Waals surface area contributed by atoms with Crippen LogP contribution >= 0.6 is 0 Å². The number of nitrogens with zero attached hydrogens (tertiary/aromatic N) is 1. The Morgan fingerprint density at radius 2 is 1.69 bits per heavy atom. The number of piperidine rings is 1. The monoisotopic (exact) mass is 451 g/mol. The fourth-order valence-electron chi connectivity index (χ4n) is 3.82. The molecule has 2 aliphatic rings. The number of likely N-dealkylation sites (tertiary alicyclic amines) is 1. The van der Waals surface area contributed by atoms with E-state index < -0.39 is 0 Å². The van der Waals surface area contributed by atoms with Crippen molar-refractivity contribution in [2.24, 2.45) is 5.73 Å². The summed E-state index contributed by atoms with van der Waals surface area (Å²) in [5.41, 5.74) is 5.88. The van der Waals surface area contributed by atoms with Crippen molar-refractivity contribution in [3.63, 3.8) is 0 Å². The molecule has 3 rings (SSSR count). The van der Waals surface area contributed by atoms with E-state index in [9.17, 15) is 9.59 Å². The molecule has 0 spiro atoms. The summed E-state index contributed by atoms with van der Waals surface area (Å²) >= 11 is 0. The van der Waals surface area contributed by atoms with Crippen molar-refractivity contribution in [3.8, 4) is 5.75 Å². The second-order valence-corrected chi connectivity index (χ2v) is 7.61. The molecule has 7 heteroatoms. The summed E-state index contributed by atoms with van der Waals surface area (Å²) in [7, 11) is 5.05. The van der Waals surface area contributed by atoms with Gasteiger partial charge in [0.2, 0.25) is 6.41 Å². The minimum atomic E-state index is 0.458. The highest BCUT2D eigenvalue weighted by Crippen LogP contribution is 2.38. The van der Waals surface area contributed by atoms with Gasteiger partial charge < -0.3 is 30.2 Å². The van der Waals surface area contributed by atoms with Gasteiger partial charge in [0, 0.05) is 20.2 Å². The first-order chi connectivity index (χ1) is 15.7. The van der Waals surface area contributed by atoms with E-state index in [4.69, 9.17) is 9.47 Å². The average molecular weight is 452 g/mol. The van der Waals surface area contributed by atoms with Gasteiger partial charge in [-0.2, -0.15) is 0 Å². The zero-order chi connectivity index (χ0) is 24.0. The van der Waals surface area contributed by atoms with Gasteiger partial charge in [-0.3, -0.25) is 4.79 Å². The number of para-hydroxylation sites is 1. The zero-order valence-corrected chi connectivity index (χ0v) is 20.6. The molecular formula is C25H45N3O4. The van der Waals surface area contributed by atoms with Gasteiger partial charge in [-0.25, -0.2) is 0 Å². The molecular weight excluding hydrogens is 406 g/mol. The van der Waals surface area contributed by atoms with Gasteiger partial charge in [0.1, 0.15) is 12.0 Å². The lowest BCUT2D eigenvalue weighted by Crippen LogP contribution is -2.27. The van der Waals surface area contributed by atoms with Crippen molar-refractivity contribution in [2.45, 2.75) is 63.9 Å². The molecule has 3 N–H and O–H groups in total. The SMILES string of the molecule is CCOc1ccccc1C1CCC(OC)CC1.CN.CNCC=O.O=CN1CCCCC1. The Balaban J connectivity index is 0.000000532. The number of benzene rings is 1. The topological polar surface area (TPSA) is 93.9 Å². The Bertz CT molecular complexity index is 572. The maximum atomic E-state index is 10.1. The first-order valence-corrected chi connectivity index (χ1v) is 11.8. The highest BCUT2D eigenvalue weighted by atomic mass is 16.5. The summed E-state index contributed by atoms with van der Waals surface area (Å²) in [6.07, 6.45) is 10.7. The first kappa shape index (κ1) is 30.0. The van der Waals surface area contributed by atoms with E-state index in [1.165, 1.54) is 57.6 Å². The van der Waals surface area contributed by atoms with Crippen molar-refractivity contribution in [3.05, 3.63) is 29.8 Å². The lowest BCUT2D eigenvalue weighted by atomic mass is 9.82. The molecule has 1 heterocycles. The fourth-order valence-corrected chi connectivity index (χ4v) is 3.82. The van der Waals surface area contributed by atoms with Gasteiger partial charge in [-0.1, -0.05) is 18.2 Å². The molecule has 2 fully saturated rings. The predicted octanol–water partition coefficient (Wildman–Crippen LogP) is 3.37. The maximum absolute atomic E-state index is 10.1. The summed E-state index contributed by atoms with van der Waals surface area (Å²) in [6, 6.07) is 8.46. The van der Waals surface area contributed by atoms with Gasteiger partial charge in [-0.15, -0.1) is 0 Å². The molecule has 1 amide bonds. The maximum Gasteiger partial charge on any atom is 0.209 e. The lowest BCUT2D eigenvalue weighted by Gasteiger charge is -2.28. The molecule has 32 heavy (non-hydrogen) atoms. The number of nitrogens with two attached hydrogens (primary N) is 1. The van der Waals surface area contributed by atoms with Gasteiger partial charge in [-0.05, 0) is 83.5 Å². The van der Waals surface area contributed by atoms with Crippen LogP contribution in [0.5, 0.6) is 5.75 Å². The minimum Gasteiger partial charge on any atom is -0.494 e. The summed E-state index contributed by atoms with van der Waals surface area (Å²) in [6.45, 7) is 5.19. The van der Waals surface area contributed by atoms with Gasteiger partial charge in [0.15, 0.2) is 0 Å². The van der Waals surface area contributed by atoms with Crippen LogP contribution in [0.25, 0.3) is 0 Å². The number of ether oxygens (including phenoxy) is 2. The number of methoxy groups -OCH3 is 1. The number of aldehydes is 1. The van der Waals surface area contributed by atoms with Crippen LogP contribution in [0.2, 0.25) is 0 Å². The number of hydrogen-bond acceptors (Lipinski definition) is 6. The Labute approximate surface area is 195 Å². The Kier molecular flexibility index (Phi) is 19.6. The molecule has 1 aliphatic heterocycles. The fraction of sp³-hybridized carbons (Fsp3) is 0.680. The van der Waals surface area contributed by atoms with E-state index in [1.807, 2.05) is 18.9 Å². The first-order valence-electron chi connectivity index (χ1n) is 11.8. The Hall–Kier alpha value is -1.96. The van der Waals surface area contributed by atoms with E-state index in [0.29, 0.717) is 18.6 Å². The highest BCUT2D eigenvalue weighted by Gasteiger charge is 2.24. The van der Waals surface area contributed by atoms with Crippen LogP contribution in [-0.4, -0.2) is 71.1 Å². The number of carbonyl (C=O) groups is 2. The van der Waals surface area contributed by atoms with Crippen LogP contribution in [-0.2, 0) is 14.3 Å². The second-order valence-electron chi connectivity index (χ2n) is 7.61. The molecule has 7 nitrogen and oxygen atoms in total. The van der Waals surface area contributed by atoms with E-state index in [-0.39, 0.29) is 0 Å². The molecule has 1 aromatic rings. The summed E-state index contributed by atoms with van der Waals surface area (Å²) in [4.78, 5) is 21.3. The Morgan fingerprint density at radius 3 is 2.12 bits per heavy atom. The van der Waals surface area contributed by atoms with Crippen molar-refractivity contribution >= 4 is 12.7 Å². The van der Waals surface area contributed by atoms with Crippen LogP contribution < -0.4 is 15.8 Å². The highest BCUT2D eigenvalue weighted by molar-refractivity contribution is 5.51. The van der Waals surface area contributed by atoms with Crippen molar-refractivity contribution in [1.29, 1.82) is 0 Å². The number of likely N-dealkylation sites (N-methyl/N-ethyl adjacent to an activating group) is 1. The van der Waals surface area contributed by atoms with Crippen LogP contribution in [0.4, 0.5) is 0 Å². The number of carbonyl (C=O) groups excluding carboxylic acids is 2. The van der Waals surface area contributed by atoms with Gasteiger partial charge in [0.05, 0.1) is 19.3 Å². The summed E-state index contributed by atoms with van der Waals surface area (Å²) < 4.78 is 11.1. The third kappa shape index (κ3) is 12.8. The van der Waals surface area contributed by atoms with Crippen LogP contribution in [0, 0.1) is 0 Å².